The quantitative estimate of drug-likeness (QED) is 0.572. The van der Waals surface area contributed by atoms with Crippen LogP contribution < -0.4 is 5.32 Å². The Kier molecular flexibility index (Phi) is 8.54. The minimum atomic E-state index is 0.0994. The van der Waals surface area contributed by atoms with E-state index in [9.17, 15) is 0 Å². The predicted octanol–water partition coefficient (Wildman–Crippen LogP) is 2.61. The van der Waals surface area contributed by atoms with Crippen LogP contribution in [0.15, 0.2) is 29.3 Å². The normalized spacial score (nSPS) is 23.1. The highest BCUT2D eigenvalue weighted by Gasteiger charge is 2.27. The van der Waals surface area contributed by atoms with Gasteiger partial charge in [0.1, 0.15) is 6.10 Å². The Hall–Kier alpha value is -1.63. The molecule has 30 heavy (non-hydrogen) atoms. The highest BCUT2D eigenvalue weighted by molar-refractivity contribution is 5.80. The molecule has 2 atom stereocenters. The lowest BCUT2D eigenvalue weighted by Gasteiger charge is -2.40. The second kappa shape index (κ2) is 11.1. The smallest absolute Gasteiger partial charge is 0.194 e. The van der Waals surface area contributed by atoms with Gasteiger partial charge < -0.3 is 19.9 Å². The van der Waals surface area contributed by atoms with Gasteiger partial charge in [-0.25, -0.2) is 0 Å². The fourth-order valence-corrected chi connectivity index (χ4v) is 4.49. The lowest BCUT2D eigenvalue weighted by Crippen LogP contribution is -2.52. The Morgan fingerprint density at radius 1 is 1.17 bits per heavy atom. The zero-order chi connectivity index (χ0) is 21.5. The number of likely N-dealkylation sites (N-methyl/N-ethyl adjacent to an activating group) is 1. The van der Waals surface area contributed by atoms with Crippen LogP contribution in [0, 0.1) is 12.8 Å². The number of rotatable bonds is 6. The van der Waals surface area contributed by atoms with Crippen molar-refractivity contribution in [2.24, 2.45) is 10.9 Å². The van der Waals surface area contributed by atoms with E-state index >= 15 is 0 Å². The van der Waals surface area contributed by atoms with E-state index in [1.807, 2.05) is 0 Å². The molecule has 0 radical (unpaired) electrons. The maximum atomic E-state index is 6.14. The van der Waals surface area contributed by atoms with E-state index in [0.29, 0.717) is 12.0 Å². The molecular formula is C24H41N5O. The second-order valence-corrected chi connectivity index (χ2v) is 9.01. The number of aryl methyl sites for hydroxylation is 1. The molecular weight excluding hydrogens is 374 g/mol. The van der Waals surface area contributed by atoms with E-state index in [1.54, 1.807) is 0 Å². The third kappa shape index (κ3) is 5.96. The van der Waals surface area contributed by atoms with Crippen molar-refractivity contribution in [1.82, 2.24) is 20.0 Å². The molecule has 0 saturated carbocycles. The van der Waals surface area contributed by atoms with E-state index in [2.05, 4.69) is 79.0 Å². The monoisotopic (exact) mass is 415 g/mol. The first-order chi connectivity index (χ1) is 14.5. The fraction of sp³-hybridized carbons (Fsp3) is 0.708. The van der Waals surface area contributed by atoms with Crippen molar-refractivity contribution in [2.75, 3.05) is 66.0 Å². The van der Waals surface area contributed by atoms with Crippen molar-refractivity contribution < 1.29 is 4.74 Å². The van der Waals surface area contributed by atoms with E-state index in [4.69, 9.17) is 9.73 Å². The summed E-state index contributed by atoms with van der Waals surface area (Å²) in [4.78, 5) is 12.6. The molecule has 0 aromatic heterocycles. The topological polar surface area (TPSA) is 43.3 Å². The molecule has 2 aliphatic rings. The first-order valence-electron chi connectivity index (χ1n) is 11.6. The maximum Gasteiger partial charge on any atom is 0.194 e. The van der Waals surface area contributed by atoms with Gasteiger partial charge in [0.05, 0.1) is 19.7 Å². The zero-order valence-corrected chi connectivity index (χ0v) is 19.6. The number of aliphatic imine (C=N–C) groups is 1. The SMILES string of the molecule is CCNC(=NCC(C(C)C)N1CCN(C)CC1)N1CCOC(c2ccccc2C)C1. The first kappa shape index (κ1) is 23.0. The molecule has 2 fully saturated rings. The molecule has 6 nitrogen and oxygen atoms in total. The Balaban J connectivity index is 1.70. The summed E-state index contributed by atoms with van der Waals surface area (Å²) >= 11 is 0. The van der Waals surface area contributed by atoms with E-state index in [-0.39, 0.29) is 6.10 Å². The van der Waals surface area contributed by atoms with Crippen molar-refractivity contribution in [3.8, 4) is 0 Å². The Bertz CT molecular complexity index is 684. The van der Waals surface area contributed by atoms with Crippen molar-refractivity contribution >= 4 is 5.96 Å². The summed E-state index contributed by atoms with van der Waals surface area (Å²) in [5.41, 5.74) is 2.58. The van der Waals surface area contributed by atoms with E-state index in [1.165, 1.54) is 11.1 Å². The summed E-state index contributed by atoms with van der Waals surface area (Å²) in [5.74, 6) is 1.61. The maximum absolute atomic E-state index is 6.14. The zero-order valence-electron chi connectivity index (χ0n) is 19.6. The molecule has 2 aliphatic heterocycles. The van der Waals surface area contributed by atoms with Crippen molar-refractivity contribution in [1.29, 1.82) is 0 Å². The summed E-state index contributed by atoms with van der Waals surface area (Å²) in [6.07, 6.45) is 0.0994. The number of hydrogen-bond donors (Lipinski definition) is 1. The minimum Gasteiger partial charge on any atom is -0.370 e. The number of piperazine rings is 1. The molecule has 168 valence electrons. The molecule has 1 aromatic carbocycles. The molecule has 2 unspecified atom stereocenters. The van der Waals surface area contributed by atoms with Crippen LogP contribution in [0.3, 0.4) is 0 Å². The van der Waals surface area contributed by atoms with Crippen LogP contribution in [0.25, 0.3) is 0 Å². The van der Waals surface area contributed by atoms with Gasteiger partial charge in [-0.3, -0.25) is 9.89 Å². The summed E-state index contributed by atoms with van der Waals surface area (Å²) in [7, 11) is 2.21. The molecule has 0 aliphatic carbocycles. The number of guanidine groups is 1. The number of hydrogen-bond acceptors (Lipinski definition) is 4. The average molecular weight is 416 g/mol. The standard InChI is InChI=1S/C24H41N5O/c1-6-25-24(26-17-22(19(2)3)28-13-11-27(5)12-14-28)29-15-16-30-23(18-29)21-10-8-7-9-20(21)4/h7-10,19,22-23H,6,11-18H2,1-5H3,(H,25,26). The van der Waals surface area contributed by atoms with Crippen LogP contribution >= 0.6 is 0 Å². The summed E-state index contributed by atoms with van der Waals surface area (Å²) in [6.45, 7) is 17.7. The van der Waals surface area contributed by atoms with Crippen LogP contribution in [-0.4, -0.2) is 92.7 Å². The third-order valence-electron chi connectivity index (χ3n) is 6.44. The highest BCUT2D eigenvalue weighted by Crippen LogP contribution is 2.25. The number of ether oxygens (including phenoxy) is 1. The second-order valence-electron chi connectivity index (χ2n) is 9.01. The number of morpholine rings is 1. The van der Waals surface area contributed by atoms with Gasteiger partial charge in [-0.2, -0.15) is 0 Å². The fourth-order valence-electron chi connectivity index (χ4n) is 4.49. The molecule has 3 rings (SSSR count). The van der Waals surface area contributed by atoms with Gasteiger partial charge in [-0.05, 0) is 37.9 Å². The lowest BCUT2D eigenvalue weighted by molar-refractivity contribution is -0.00842. The Labute approximate surface area is 183 Å². The van der Waals surface area contributed by atoms with Crippen LogP contribution in [-0.2, 0) is 4.74 Å². The van der Waals surface area contributed by atoms with Gasteiger partial charge in [0.2, 0.25) is 0 Å². The van der Waals surface area contributed by atoms with Crippen LogP contribution in [0.2, 0.25) is 0 Å². The summed E-state index contributed by atoms with van der Waals surface area (Å²) in [5, 5.41) is 3.54. The average Bonchev–Trinajstić information content (AvgIpc) is 2.74. The van der Waals surface area contributed by atoms with Gasteiger partial charge in [0.25, 0.3) is 0 Å². The largest absolute Gasteiger partial charge is 0.370 e. The van der Waals surface area contributed by atoms with Crippen LogP contribution in [0.5, 0.6) is 0 Å². The first-order valence-corrected chi connectivity index (χ1v) is 11.6. The predicted molar refractivity (Wildman–Crippen MR) is 125 cm³/mol. The van der Waals surface area contributed by atoms with Gasteiger partial charge in [0.15, 0.2) is 5.96 Å². The molecule has 1 N–H and O–H groups in total. The minimum absolute atomic E-state index is 0.0994. The molecule has 6 heteroatoms. The Morgan fingerprint density at radius 3 is 2.57 bits per heavy atom. The Morgan fingerprint density at radius 2 is 1.90 bits per heavy atom. The number of nitrogens with zero attached hydrogens (tertiary/aromatic N) is 4. The van der Waals surface area contributed by atoms with Gasteiger partial charge in [0, 0.05) is 45.3 Å². The van der Waals surface area contributed by atoms with Gasteiger partial charge in [-0.1, -0.05) is 38.1 Å². The molecule has 0 bridgehead atoms. The molecule has 0 amide bonds. The lowest BCUT2D eigenvalue weighted by atomic mass is 10.0. The highest BCUT2D eigenvalue weighted by atomic mass is 16.5. The van der Waals surface area contributed by atoms with Gasteiger partial charge in [-0.15, -0.1) is 0 Å². The van der Waals surface area contributed by atoms with Crippen molar-refractivity contribution in [3.63, 3.8) is 0 Å². The molecule has 2 heterocycles. The number of nitrogens with one attached hydrogen (secondary N) is 1. The van der Waals surface area contributed by atoms with Crippen molar-refractivity contribution in [2.45, 2.75) is 39.8 Å². The van der Waals surface area contributed by atoms with Crippen molar-refractivity contribution in [3.05, 3.63) is 35.4 Å². The molecule has 2 saturated heterocycles. The van der Waals surface area contributed by atoms with Crippen LogP contribution in [0.4, 0.5) is 0 Å². The summed E-state index contributed by atoms with van der Waals surface area (Å²) < 4.78 is 6.14. The molecule has 0 spiro atoms. The van der Waals surface area contributed by atoms with Gasteiger partial charge >= 0.3 is 0 Å². The van der Waals surface area contributed by atoms with E-state index < -0.39 is 0 Å². The summed E-state index contributed by atoms with van der Waals surface area (Å²) in [6, 6.07) is 9.04. The van der Waals surface area contributed by atoms with E-state index in [0.717, 1.165) is 64.9 Å². The third-order valence-corrected chi connectivity index (χ3v) is 6.44. The number of benzene rings is 1. The van der Waals surface area contributed by atoms with Crippen LogP contribution in [0.1, 0.15) is 38.0 Å². The molecule has 1 aromatic rings.